The molecule has 0 radical (unpaired) electrons. The largest absolute Gasteiger partial charge is 0.365 e. The summed E-state index contributed by atoms with van der Waals surface area (Å²) in [5, 5.41) is 0. The van der Waals surface area contributed by atoms with Gasteiger partial charge in [0, 0.05) is 57.9 Å². The molecule has 2 rings (SSSR count). The Kier molecular flexibility index (Phi) is 6.42. The van der Waals surface area contributed by atoms with Crippen LogP contribution in [-0.2, 0) is 32.5 Å². The number of hydrogen-bond acceptors (Lipinski definition) is 5. The van der Waals surface area contributed by atoms with Crippen molar-refractivity contribution in [2.24, 2.45) is 0 Å². The van der Waals surface area contributed by atoms with Crippen molar-refractivity contribution in [3.05, 3.63) is 24.0 Å². The average Bonchev–Trinajstić information content (AvgIpc) is 2.89. The molecule has 0 unspecified atom stereocenters. The molecule has 0 aliphatic carbocycles. The summed E-state index contributed by atoms with van der Waals surface area (Å²) in [6, 6.07) is 4.01. The third-order valence-corrected chi connectivity index (χ3v) is 5.96. The van der Waals surface area contributed by atoms with Crippen LogP contribution in [0.5, 0.6) is 0 Å². The second kappa shape index (κ2) is 8.13. The summed E-state index contributed by atoms with van der Waals surface area (Å²) in [6.45, 7) is 4.15. The topological polar surface area (TPSA) is 71.9 Å². The summed E-state index contributed by atoms with van der Waals surface area (Å²) in [4.78, 5) is 15.3. The number of carbonyl (C=O) groups excluding carboxylic acids is 1. The molecule has 1 aliphatic rings. The fraction of sp³-hybridized carbons (Fsp3) is 0.688. The van der Waals surface area contributed by atoms with Gasteiger partial charge in [-0.2, -0.15) is 0 Å². The maximum atomic E-state index is 11.8. The monoisotopic (exact) mass is 357 g/mol. The van der Waals surface area contributed by atoms with Crippen LogP contribution in [0, 0.1) is 0 Å². The van der Waals surface area contributed by atoms with Gasteiger partial charge >= 0.3 is 0 Å². The Hall–Kier alpha value is -1.38. The van der Waals surface area contributed by atoms with Crippen molar-refractivity contribution in [3.63, 3.8) is 0 Å². The molecule has 7 nitrogen and oxygen atoms in total. The van der Waals surface area contributed by atoms with E-state index in [1.54, 1.807) is 21.0 Å². The maximum absolute atomic E-state index is 11.8. The first-order valence-electron chi connectivity index (χ1n) is 8.19. The number of nitrogens with zero attached hydrogens (tertiary/aromatic N) is 3. The van der Waals surface area contributed by atoms with Gasteiger partial charge in [0.05, 0.1) is 11.9 Å². The fourth-order valence-corrected chi connectivity index (χ4v) is 3.46. The second-order valence-electron chi connectivity index (χ2n) is 6.34. The molecule has 0 fully saturated rings. The molecule has 0 saturated heterocycles. The summed E-state index contributed by atoms with van der Waals surface area (Å²) < 4.78 is 31.5. The minimum absolute atomic E-state index is 0.0371. The van der Waals surface area contributed by atoms with Crippen molar-refractivity contribution < 1.29 is 17.9 Å². The van der Waals surface area contributed by atoms with Crippen LogP contribution < -0.4 is 0 Å². The van der Waals surface area contributed by atoms with E-state index in [2.05, 4.69) is 9.47 Å². The van der Waals surface area contributed by atoms with Gasteiger partial charge in [-0.05, 0) is 12.1 Å². The predicted molar refractivity (Wildman–Crippen MR) is 92.5 cm³/mol. The normalized spacial score (nSPS) is 18.9. The lowest BCUT2D eigenvalue weighted by Gasteiger charge is -2.24. The third kappa shape index (κ3) is 5.32. The van der Waals surface area contributed by atoms with Crippen LogP contribution in [-0.4, -0.2) is 80.1 Å². The fourth-order valence-electron chi connectivity index (χ4n) is 2.64. The molecule has 8 heteroatoms. The molecule has 1 aromatic rings. The second-order valence-corrected chi connectivity index (χ2v) is 8.82. The lowest BCUT2D eigenvalue weighted by molar-refractivity contribution is -0.136. The number of aromatic nitrogens is 1. The number of likely N-dealkylation sites (N-methyl/N-ethyl adjacent to an activating group) is 1. The molecule has 0 bridgehead atoms. The van der Waals surface area contributed by atoms with Crippen molar-refractivity contribution in [2.75, 3.05) is 45.3 Å². The Morgan fingerprint density at radius 2 is 2.12 bits per heavy atom. The number of hydrogen-bond donors (Lipinski definition) is 0. The van der Waals surface area contributed by atoms with Crippen LogP contribution in [0.1, 0.15) is 12.6 Å². The molecule has 1 aromatic heterocycles. The molecule has 1 atom stereocenters. The van der Waals surface area contributed by atoms with Crippen molar-refractivity contribution in [1.82, 2.24) is 14.4 Å². The summed E-state index contributed by atoms with van der Waals surface area (Å²) in [5.74, 6) is 0.231. The highest BCUT2D eigenvalue weighted by Gasteiger charge is 2.24. The molecule has 0 spiro atoms. The van der Waals surface area contributed by atoms with Gasteiger partial charge < -0.3 is 14.2 Å². The number of amides is 1. The lowest BCUT2D eigenvalue weighted by atomic mass is 10.3. The van der Waals surface area contributed by atoms with Crippen molar-refractivity contribution in [1.29, 1.82) is 0 Å². The van der Waals surface area contributed by atoms with Crippen molar-refractivity contribution in [3.8, 4) is 0 Å². The number of ether oxygens (including phenoxy) is 1. The summed E-state index contributed by atoms with van der Waals surface area (Å²) in [6.07, 6.45) is 1.85. The third-order valence-electron chi connectivity index (χ3n) is 4.27. The first kappa shape index (κ1) is 19.0. The van der Waals surface area contributed by atoms with E-state index in [0.717, 1.165) is 5.69 Å². The van der Waals surface area contributed by atoms with Crippen LogP contribution in [0.4, 0.5) is 0 Å². The Balaban J connectivity index is 2.02. The Morgan fingerprint density at radius 3 is 2.79 bits per heavy atom. The van der Waals surface area contributed by atoms with E-state index in [-0.39, 0.29) is 30.1 Å². The first-order valence-corrected chi connectivity index (χ1v) is 10.0. The summed E-state index contributed by atoms with van der Waals surface area (Å²) >= 11 is 0. The molecule has 136 valence electrons. The van der Waals surface area contributed by atoms with Crippen LogP contribution in [0.25, 0.3) is 0 Å². The number of carbonyl (C=O) groups is 1. The van der Waals surface area contributed by atoms with Gasteiger partial charge in [-0.15, -0.1) is 0 Å². The van der Waals surface area contributed by atoms with Crippen LogP contribution in [0.15, 0.2) is 18.3 Å². The van der Waals surface area contributed by atoms with Crippen LogP contribution in [0.3, 0.4) is 0 Å². The number of sulfone groups is 1. The highest BCUT2D eigenvalue weighted by molar-refractivity contribution is 7.91. The zero-order valence-corrected chi connectivity index (χ0v) is 15.5. The molecule has 0 N–H and O–H groups in total. The average molecular weight is 357 g/mol. The van der Waals surface area contributed by atoms with E-state index in [9.17, 15) is 13.2 Å². The number of rotatable bonds is 7. The molecule has 0 saturated carbocycles. The Bertz CT molecular complexity index is 654. The van der Waals surface area contributed by atoms with Gasteiger partial charge in [0.1, 0.15) is 6.61 Å². The van der Waals surface area contributed by atoms with Gasteiger partial charge in [-0.3, -0.25) is 9.69 Å². The predicted octanol–water partition coefficient (Wildman–Crippen LogP) is 0.212. The standard InChI is InChI=1S/C16H27N3O4S/c1-4-24(21,22)9-8-18-10-14-6-5-7-19(14)12-15(11-18)23-13-16(20)17(2)3/h5-7,15H,4,8-13H2,1-3H3/t15-/m1/s1. The molecule has 1 aliphatic heterocycles. The quantitative estimate of drug-likeness (QED) is 0.698. The van der Waals surface area contributed by atoms with E-state index >= 15 is 0 Å². The first-order chi connectivity index (χ1) is 11.3. The van der Waals surface area contributed by atoms with E-state index in [1.165, 1.54) is 4.90 Å². The Morgan fingerprint density at radius 1 is 1.38 bits per heavy atom. The highest BCUT2D eigenvalue weighted by atomic mass is 32.2. The molecular weight excluding hydrogens is 330 g/mol. The van der Waals surface area contributed by atoms with Gasteiger partial charge in [-0.1, -0.05) is 6.92 Å². The van der Waals surface area contributed by atoms with E-state index in [1.807, 2.05) is 18.3 Å². The molecule has 0 aromatic carbocycles. The zero-order chi connectivity index (χ0) is 17.7. The summed E-state index contributed by atoms with van der Waals surface area (Å²) in [5.41, 5.74) is 1.13. The van der Waals surface area contributed by atoms with Crippen LogP contribution >= 0.6 is 0 Å². The molecule has 1 amide bonds. The minimum Gasteiger partial charge on any atom is -0.365 e. The van der Waals surface area contributed by atoms with Crippen molar-refractivity contribution >= 4 is 15.7 Å². The zero-order valence-electron chi connectivity index (χ0n) is 14.6. The van der Waals surface area contributed by atoms with Gasteiger partial charge in [0.2, 0.25) is 5.91 Å². The van der Waals surface area contributed by atoms with E-state index in [0.29, 0.717) is 26.2 Å². The molecule has 24 heavy (non-hydrogen) atoms. The molecular formula is C16H27N3O4S. The highest BCUT2D eigenvalue weighted by Crippen LogP contribution is 2.15. The van der Waals surface area contributed by atoms with Gasteiger partial charge in [-0.25, -0.2) is 8.42 Å². The van der Waals surface area contributed by atoms with E-state index < -0.39 is 9.84 Å². The smallest absolute Gasteiger partial charge is 0.248 e. The van der Waals surface area contributed by atoms with Crippen molar-refractivity contribution in [2.45, 2.75) is 26.1 Å². The summed E-state index contributed by atoms with van der Waals surface area (Å²) in [7, 11) is 0.399. The Labute approximate surface area is 144 Å². The maximum Gasteiger partial charge on any atom is 0.248 e. The molecule has 2 heterocycles. The number of fused-ring (bicyclic) bond motifs is 1. The minimum atomic E-state index is -3.00. The van der Waals surface area contributed by atoms with E-state index in [4.69, 9.17) is 4.74 Å². The lowest BCUT2D eigenvalue weighted by Crippen LogP contribution is -2.38. The SMILES string of the molecule is CCS(=O)(=O)CCN1Cc2cccn2C[C@H](OCC(=O)N(C)C)C1. The van der Waals surface area contributed by atoms with Gasteiger partial charge in [0.25, 0.3) is 0 Å². The van der Waals surface area contributed by atoms with Crippen LogP contribution in [0.2, 0.25) is 0 Å². The van der Waals surface area contributed by atoms with Gasteiger partial charge in [0.15, 0.2) is 9.84 Å².